The van der Waals surface area contributed by atoms with Crippen LogP contribution in [-0.4, -0.2) is 24.7 Å². The number of rotatable bonds is 5. The second kappa shape index (κ2) is 5.19. The molecule has 4 heteroatoms. The van der Waals surface area contributed by atoms with Crippen molar-refractivity contribution in [1.82, 2.24) is 4.98 Å². The lowest BCUT2D eigenvalue weighted by atomic mass is 10.2. The Morgan fingerprint density at radius 3 is 2.92 bits per heavy atom. The zero-order valence-corrected chi connectivity index (χ0v) is 9.15. The predicted octanol–water partition coefficient (Wildman–Crippen LogP) is 2.29. The highest BCUT2D eigenvalue weighted by molar-refractivity contribution is 7.13. The van der Waals surface area contributed by atoms with E-state index in [0.717, 1.165) is 23.9 Å². The van der Waals surface area contributed by atoms with Gasteiger partial charge in [0.1, 0.15) is 0 Å². The number of aromatic nitrogens is 1. The number of ether oxygens (including phenoxy) is 1. The quantitative estimate of drug-likeness (QED) is 0.792. The summed E-state index contributed by atoms with van der Waals surface area (Å²) in [7, 11) is 1.72. The Kier molecular flexibility index (Phi) is 4.18. The van der Waals surface area contributed by atoms with Crippen molar-refractivity contribution in [2.24, 2.45) is 0 Å². The fourth-order valence-corrected chi connectivity index (χ4v) is 1.82. The number of nitrogens with one attached hydrogen (secondary N) is 1. The first-order valence-electron chi connectivity index (χ1n) is 4.43. The molecular weight excluding hydrogens is 184 g/mol. The fraction of sp³-hybridized carbons (Fsp3) is 0.667. The molecule has 0 bridgehead atoms. The molecule has 0 saturated heterocycles. The van der Waals surface area contributed by atoms with Gasteiger partial charge in [-0.1, -0.05) is 6.92 Å². The van der Waals surface area contributed by atoms with Crippen molar-refractivity contribution in [2.45, 2.75) is 26.3 Å². The Morgan fingerprint density at radius 2 is 2.46 bits per heavy atom. The van der Waals surface area contributed by atoms with Crippen molar-refractivity contribution >= 4 is 16.5 Å². The van der Waals surface area contributed by atoms with Crippen molar-refractivity contribution in [2.75, 3.05) is 19.0 Å². The van der Waals surface area contributed by atoms with E-state index < -0.39 is 0 Å². The number of hydrogen-bond donors (Lipinski definition) is 1. The van der Waals surface area contributed by atoms with Crippen LogP contribution in [0.4, 0.5) is 5.13 Å². The van der Waals surface area contributed by atoms with Crippen LogP contribution in [-0.2, 0) is 4.74 Å². The van der Waals surface area contributed by atoms with Gasteiger partial charge in [0, 0.05) is 12.5 Å². The number of thiazole rings is 1. The highest BCUT2D eigenvalue weighted by Crippen LogP contribution is 2.16. The third-order valence-electron chi connectivity index (χ3n) is 1.81. The average Bonchev–Trinajstić information content (AvgIpc) is 2.50. The Morgan fingerprint density at radius 1 is 1.69 bits per heavy atom. The van der Waals surface area contributed by atoms with E-state index in [0.29, 0.717) is 6.04 Å². The van der Waals surface area contributed by atoms with Crippen molar-refractivity contribution in [3.8, 4) is 0 Å². The highest BCUT2D eigenvalue weighted by Gasteiger charge is 2.06. The van der Waals surface area contributed by atoms with Gasteiger partial charge in [0.15, 0.2) is 5.13 Å². The third-order valence-corrected chi connectivity index (χ3v) is 2.70. The van der Waals surface area contributed by atoms with Crippen LogP contribution in [0.2, 0.25) is 0 Å². The topological polar surface area (TPSA) is 34.1 Å². The zero-order chi connectivity index (χ0) is 9.68. The number of aryl methyl sites for hydroxylation is 1. The molecule has 1 rings (SSSR count). The molecule has 0 spiro atoms. The molecule has 1 N–H and O–H groups in total. The minimum Gasteiger partial charge on any atom is -0.383 e. The molecule has 3 nitrogen and oxygen atoms in total. The van der Waals surface area contributed by atoms with E-state index in [9.17, 15) is 0 Å². The van der Waals surface area contributed by atoms with Gasteiger partial charge < -0.3 is 10.1 Å². The maximum absolute atomic E-state index is 5.09. The summed E-state index contributed by atoms with van der Waals surface area (Å²) < 4.78 is 5.09. The van der Waals surface area contributed by atoms with Crippen LogP contribution in [0, 0.1) is 6.92 Å². The molecule has 1 heterocycles. The van der Waals surface area contributed by atoms with Crippen LogP contribution in [0.5, 0.6) is 0 Å². The molecule has 13 heavy (non-hydrogen) atoms. The molecule has 1 aromatic heterocycles. The van der Waals surface area contributed by atoms with Gasteiger partial charge in [0.05, 0.1) is 18.3 Å². The summed E-state index contributed by atoms with van der Waals surface area (Å²) in [6.45, 7) is 4.87. The standard InChI is InChI=1S/C9H16N2OS/c1-4-8(5-12-3)11-9-10-7(2)6-13-9/h6,8H,4-5H2,1-3H3,(H,10,11). The highest BCUT2D eigenvalue weighted by atomic mass is 32.1. The molecule has 0 aromatic carbocycles. The Labute approximate surface area is 83.1 Å². The maximum Gasteiger partial charge on any atom is 0.183 e. The van der Waals surface area contributed by atoms with E-state index in [1.54, 1.807) is 18.4 Å². The van der Waals surface area contributed by atoms with Crippen LogP contribution in [0.25, 0.3) is 0 Å². The lowest BCUT2D eigenvalue weighted by Crippen LogP contribution is -2.23. The zero-order valence-electron chi connectivity index (χ0n) is 8.33. The molecule has 74 valence electrons. The van der Waals surface area contributed by atoms with E-state index in [2.05, 4.69) is 17.2 Å². The van der Waals surface area contributed by atoms with Gasteiger partial charge in [-0.3, -0.25) is 0 Å². The molecule has 0 amide bonds. The molecule has 1 atom stereocenters. The minimum absolute atomic E-state index is 0.371. The van der Waals surface area contributed by atoms with Gasteiger partial charge in [-0.25, -0.2) is 4.98 Å². The summed E-state index contributed by atoms with van der Waals surface area (Å²) in [4.78, 5) is 4.33. The molecule has 1 aromatic rings. The number of methoxy groups -OCH3 is 1. The molecule has 0 radical (unpaired) electrons. The second-order valence-electron chi connectivity index (χ2n) is 3.00. The van der Waals surface area contributed by atoms with Crippen molar-refractivity contribution in [3.05, 3.63) is 11.1 Å². The van der Waals surface area contributed by atoms with E-state index in [4.69, 9.17) is 4.74 Å². The first-order chi connectivity index (χ1) is 6.26. The average molecular weight is 200 g/mol. The van der Waals surface area contributed by atoms with E-state index in [1.165, 1.54) is 0 Å². The van der Waals surface area contributed by atoms with Crippen LogP contribution < -0.4 is 5.32 Å². The molecule has 0 aliphatic heterocycles. The second-order valence-corrected chi connectivity index (χ2v) is 3.86. The normalized spacial score (nSPS) is 12.8. The van der Waals surface area contributed by atoms with Gasteiger partial charge in [-0.05, 0) is 13.3 Å². The molecule has 0 aliphatic rings. The van der Waals surface area contributed by atoms with Gasteiger partial charge >= 0.3 is 0 Å². The summed E-state index contributed by atoms with van der Waals surface area (Å²) in [6, 6.07) is 0.371. The largest absolute Gasteiger partial charge is 0.383 e. The molecule has 0 aliphatic carbocycles. The summed E-state index contributed by atoms with van der Waals surface area (Å²) >= 11 is 1.64. The van der Waals surface area contributed by atoms with Gasteiger partial charge in [0.2, 0.25) is 0 Å². The minimum atomic E-state index is 0.371. The van der Waals surface area contributed by atoms with Crippen LogP contribution >= 0.6 is 11.3 Å². The number of hydrogen-bond acceptors (Lipinski definition) is 4. The van der Waals surface area contributed by atoms with Crippen molar-refractivity contribution < 1.29 is 4.74 Å². The third kappa shape index (κ3) is 3.32. The summed E-state index contributed by atoms with van der Waals surface area (Å²) in [5.74, 6) is 0. The summed E-state index contributed by atoms with van der Waals surface area (Å²) in [5.41, 5.74) is 1.07. The lowest BCUT2D eigenvalue weighted by Gasteiger charge is -2.14. The summed E-state index contributed by atoms with van der Waals surface area (Å²) in [6.07, 6.45) is 1.05. The van der Waals surface area contributed by atoms with Crippen LogP contribution in [0.1, 0.15) is 19.0 Å². The van der Waals surface area contributed by atoms with Crippen molar-refractivity contribution in [1.29, 1.82) is 0 Å². The maximum atomic E-state index is 5.09. The lowest BCUT2D eigenvalue weighted by molar-refractivity contribution is 0.184. The Bertz CT molecular complexity index is 250. The Balaban J connectivity index is 2.46. The van der Waals surface area contributed by atoms with E-state index >= 15 is 0 Å². The molecule has 0 fully saturated rings. The molecule has 0 saturated carbocycles. The smallest absolute Gasteiger partial charge is 0.183 e. The van der Waals surface area contributed by atoms with Crippen molar-refractivity contribution in [3.63, 3.8) is 0 Å². The van der Waals surface area contributed by atoms with E-state index in [1.807, 2.05) is 12.3 Å². The number of nitrogens with zero attached hydrogens (tertiary/aromatic N) is 1. The van der Waals surface area contributed by atoms with E-state index in [-0.39, 0.29) is 0 Å². The SMILES string of the molecule is CCC(COC)Nc1nc(C)cs1. The first-order valence-corrected chi connectivity index (χ1v) is 5.31. The fourth-order valence-electron chi connectivity index (χ4n) is 1.06. The predicted molar refractivity (Wildman–Crippen MR) is 56.4 cm³/mol. The summed E-state index contributed by atoms with van der Waals surface area (Å²) in [5, 5.41) is 6.36. The van der Waals surface area contributed by atoms with Crippen LogP contribution in [0.15, 0.2) is 5.38 Å². The van der Waals surface area contributed by atoms with Gasteiger partial charge in [-0.2, -0.15) is 0 Å². The Hall–Kier alpha value is -0.610. The molecular formula is C9H16N2OS. The first kappa shape index (κ1) is 10.5. The van der Waals surface area contributed by atoms with Gasteiger partial charge in [-0.15, -0.1) is 11.3 Å². The van der Waals surface area contributed by atoms with Gasteiger partial charge in [0.25, 0.3) is 0 Å². The molecule has 1 unspecified atom stereocenters. The monoisotopic (exact) mass is 200 g/mol. The van der Waals surface area contributed by atoms with Crippen LogP contribution in [0.3, 0.4) is 0 Å². The number of anilines is 1.